The molecule has 0 aromatic rings. The first-order chi connectivity index (χ1) is 10.4. The van der Waals surface area contributed by atoms with Crippen molar-refractivity contribution in [2.45, 2.75) is 31.5 Å². The third kappa shape index (κ3) is 2.55. The van der Waals surface area contributed by atoms with Crippen molar-refractivity contribution in [1.82, 2.24) is 0 Å². The number of nitrogens with zero attached hydrogens (tertiary/aromatic N) is 4. The maximum Gasteiger partial charge on any atom is 0.273 e. The molecule has 0 radical (unpaired) electrons. The van der Waals surface area contributed by atoms with E-state index in [0.29, 0.717) is 0 Å². The van der Waals surface area contributed by atoms with Gasteiger partial charge in [0.15, 0.2) is 0 Å². The quantitative estimate of drug-likeness (QED) is 0.227. The molecule has 22 heavy (non-hydrogen) atoms. The Morgan fingerprint density at radius 1 is 1.36 bits per heavy atom. The van der Waals surface area contributed by atoms with Gasteiger partial charge in [0, 0.05) is 17.3 Å². The number of nitrogens with two attached hydrogens (primary N) is 2. The summed E-state index contributed by atoms with van der Waals surface area (Å²) in [6.45, 7) is 1.75. The fourth-order valence-electron chi connectivity index (χ4n) is 3.17. The largest absolute Gasteiger partial charge is 0.477 e. The zero-order valence-electron chi connectivity index (χ0n) is 12.7. The summed E-state index contributed by atoms with van der Waals surface area (Å²) < 4.78 is 10.3. The van der Waals surface area contributed by atoms with Gasteiger partial charge in [-0.3, -0.25) is 10.1 Å². The molecule has 0 aromatic carbocycles. The average molecular weight is 312 g/mol. The Labute approximate surface area is 127 Å². The van der Waals surface area contributed by atoms with Crippen LogP contribution in [0.3, 0.4) is 0 Å². The molecule has 1 aliphatic carbocycles. The van der Waals surface area contributed by atoms with Crippen LogP contribution in [0.4, 0.5) is 0 Å². The predicted molar refractivity (Wildman–Crippen MR) is 80.3 cm³/mol. The van der Waals surface area contributed by atoms with E-state index in [-0.39, 0.29) is 34.9 Å². The Kier molecular flexibility index (Phi) is 4.48. The van der Waals surface area contributed by atoms with Crippen molar-refractivity contribution >= 4 is 17.6 Å². The van der Waals surface area contributed by atoms with Crippen molar-refractivity contribution in [3.05, 3.63) is 10.1 Å². The van der Waals surface area contributed by atoms with Gasteiger partial charge < -0.3 is 21.1 Å². The third-order valence-electron chi connectivity index (χ3n) is 4.30. The molecule has 0 amide bonds. The molecule has 122 valence electrons. The number of amidine groups is 1. The van der Waals surface area contributed by atoms with E-state index in [1.807, 2.05) is 0 Å². The number of nitro groups is 1. The summed E-state index contributed by atoms with van der Waals surface area (Å²) in [5.41, 5.74) is 5.87. The lowest BCUT2D eigenvalue weighted by atomic mass is 9.71. The van der Waals surface area contributed by atoms with Crippen LogP contribution in [-0.2, 0) is 9.47 Å². The molecule has 10 heteroatoms. The number of hydrogen-bond donors (Lipinski definition) is 2. The maximum absolute atomic E-state index is 11.3. The number of hydrogen-bond acceptors (Lipinski definition) is 8. The second-order valence-corrected chi connectivity index (χ2v) is 5.36. The fraction of sp³-hybridized carbons (Fsp3) is 0.750. The number of ether oxygens (including phenoxy) is 2. The molecule has 2 rings (SSSR count). The Morgan fingerprint density at radius 3 is 2.45 bits per heavy atom. The number of hydrazone groups is 1. The fourth-order valence-corrected chi connectivity index (χ4v) is 3.17. The lowest BCUT2D eigenvalue weighted by Gasteiger charge is -2.40. The minimum Gasteiger partial charge on any atom is -0.477 e. The number of methoxy groups -OCH3 is 2. The Hall–Kier alpha value is -2.39. The van der Waals surface area contributed by atoms with E-state index in [4.69, 9.17) is 21.1 Å². The highest BCUT2D eigenvalue weighted by Gasteiger charge is 2.51. The van der Waals surface area contributed by atoms with Crippen LogP contribution in [0.1, 0.15) is 13.3 Å². The van der Waals surface area contributed by atoms with E-state index in [9.17, 15) is 10.1 Å². The smallest absolute Gasteiger partial charge is 0.273 e. The van der Waals surface area contributed by atoms with E-state index < -0.39 is 24.0 Å². The Bertz CT molecular complexity index is 546. The van der Waals surface area contributed by atoms with Crippen molar-refractivity contribution in [2.75, 3.05) is 14.2 Å². The molecule has 0 bridgehead atoms. The molecule has 10 nitrogen and oxygen atoms in total. The lowest BCUT2D eigenvalue weighted by Crippen LogP contribution is -2.56. The van der Waals surface area contributed by atoms with Crippen LogP contribution < -0.4 is 11.6 Å². The van der Waals surface area contributed by atoms with Gasteiger partial charge in [0.25, 0.3) is 11.8 Å². The van der Waals surface area contributed by atoms with Crippen LogP contribution in [0.15, 0.2) is 15.1 Å². The van der Waals surface area contributed by atoms with Crippen molar-refractivity contribution in [1.29, 1.82) is 0 Å². The van der Waals surface area contributed by atoms with Crippen molar-refractivity contribution in [2.24, 2.45) is 38.5 Å². The van der Waals surface area contributed by atoms with E-state index in [2.05, 4.69) is 15.1 Å². The zero-order valence-corrected chi connectivity index (χ0v) is 12.7. The minimum atomic E-state index is -0.798. The summed E-state index contributed by atoms with van der Waals surface area (Å²) >= 11 is 0. The van der Waals surface area contributed by atoms with Crippen molar-refractivity contribution < 1.29 is 14.4 Å². The monoisotopic (exact) mass is 312 g/mol. The molecule has 1 saturated carbocycles. The molecule has 4 N–H and O–H groups in total. The van der Waals surface area contributed by atoms with Gasteiger partial charge in [-0.05, 0) is 0 Å². The molecule has 1 aliphatic heterocycles. The molecule has 5 unspecified atom stereocenters. The zero-order chi connectivity index (χ0) is 16.4. The topological polar surface area (TPSA) is 151 Å². The second kappa shape index (κ2) is 6.16. The van der Waals surface area contributed by atoms with E-state index >= 15 is 0 Å². The molecular formula is C12H20N6O4. The molecule has 0 spiro atoms. The summed E-state index contributed by atoms with van der Waals surface area (Å²) in [6, 6.07) is -1.63. The van der Waals surface area contributed by atoms with Crippen LogP contribution in [-0.4, -0.2) is 54.9 Å². The van der Waals surface area contributed by atoms with E-state index in [1.165, 1.54) is 14.2 Å². The predicted octanol–water partition coefficient (Wildman–Crippen LogP) is -0.641. The summed E-state index contributed by atoms with van der Waals surface area (Å²) in [5.74, 6) is 5.03. The Morgan fingerprint density at radius 2 is 1.95 bits per heavy atom. The van der Waals surface area contributed by atoms with Crippen LogP contribution in [0, 0.1) is 22.0 Å². The average Bonchev–Trinajstić information content (AvgIpc) is 2.51. The lowest BCUT2D eigenvalue weighted by molar-refractivity contribution is -0.536. The van der Waals surface area contributed by atoms with Gasteiger partial charge in [-0.15, -0.1) is 0 Å². The van der Waals surface area contributed by atoms with Crippen molar-refractivity contribution in [3.63, 3.8) is 0 Å². The maximum atomic E-state index is 11.3. The standard InChI is InChI=1S/C12H20N6O4/c1-5-7(18(19)20)4-6-9(8(5)10(13)17-14)16-12(22-3)11(15-6)21-2/h5-9H,4,14H2,1-3H3,(H2,13,17). The molecular weight excluding hydrogens is 292 g/mol. The molecule has 1 heterocycles. The number of fused-ring (bicyclic) bond motifs is 1. The van der Waals surface area contributed by atoms with Crippen LogP contribution in [0.5, 0.6) is 0 Å². The Balaban J connectivity index is 2.45. The van der Waals surface area contributed by atoms with Gasteiger partial charge in [0.05, 0.1) is 32.2 Å². The highest BCUT2D eigenvalue weighted by Crippen LogP contribution is 2.37. The highest BCUT2D eigenvalue weighted by atomic mass is 16.6. The van der Waals surface area contributed by atoms with Gasteiger partial charge in [0.2, 0.25) is 6.04 Å². The molecule has 1 fully saturated rings. The third-order valence-corrected chi connectivity index (χ3v) is 4.30. The molecule has 2 aliphatic rings. The summed E-state index contributed by atoms with van der Waals surface area (Å²) in [5, 5.41) is 14.8. The summed E-state index contributed by atoms with van der Waals surface area (Å²) in [4.78, 5) is 19.9. The molecule has 0 aromatic heterocycles. The van der Waals surface area contributed by atoms with Gasteiger partial charge >= 0.3 is 0 Å². The highest BCUT2D eigenvalue weighted by molar-refractivity contribution is 6.35. The van der Waals surface area contributed by atoms with Gasteiger partial charge in [-0.1, -0.05) is 6.92 Å². The normalized spacial score (nSPS) is 35.0. The van der Waals surface area contributed by atoms with Crippen LogP contribution in [0.2, 0.25) is 0 Å². The number of aliphatic imine (C=N–C) groups is 2. The van der Waals surface area contributed by atoms with Crippen LogP contribution in [0.25, 0.3) is 0 Å². The first kappa shape index (κ1) is 16.0. The molecule has 5 atom stereocenters. The van der Waals surface area contributed by atoms with Gasteiger partial charge in [0.1, 0.15) is 5.84 Å². The SMILES string of the molecule is COC1=NC2CC([N+](=O)[O-])C(C)C(/C(N)=N/N)C2N=C1OC. The molecule has 0 saturated heterocycles. The first-order valence-electron chi connectivity index (χ1n) is 6.85. The van der Waals surface area contributed by atoms with Gasteiger partial charge in [-0.25, -0.2) is 9.98 Å². The second-order valence-electron chi connectivity index (χ2n) is 5.36. The van der Waals surface area contributed by atoms with E-state index in [0.717, 1.165) is 0 Å². The van der Waals surface area contributed by atoms with Gasteiger partial charge in [-0.2, -0.15) is 5.10 Å². The summed E-state index contributed by atoms with van der Waals surface area (Å²) in [7, 11) is 2.90. The van der Waals surface area contributed by atoms with Crippen LogP contribution >= 0.6 is 0 Å². The number of rotatable bonds is 2. The van der Waals surface area contributed by atoms with Crippen molar-refractivity contribution in [3.8, 4) is 0 Å². The van der Waals surface area contributed by atoms with E-state index in [1.54, 1.807) is 6.92 Å². The summed E-state index contributed by atoms with van der Waals surface area (Å²) in [6.07, 6.45) is 0.251. The first-order valence-corrected chi connectivity index (χ1v) is 6.85. The minimum absolute atomic E-state index is 0.129.